The molecule has 0 amide bonds. The predicted molar refractivity (Wildman–Crippen MR) is 114 cm³/mol. The van der Waals surface area contributed by atoms with Crippen molar-refractivity contribution >= 4 is 23.9 Å². The third-order valence-corrected chi connectivity index (χ3v) is 6.46. The molecule has 0 unspecified atom stereocenters. The van der Waals surface area contributed by atoms with Gasteiger partial charge in [-0.15, -0.1) is 0 Å². The molecule has 33 heavy (non-hydrogen) atoms. The molecule has 0 spiro atoms. The lowest BCUT2D eigenvalue weighted by molar-refractivity contribution is -0.148. The molecule has 6 atom stereocenters. The van der Waals surface area contributed by atoms with Gasteiger partial charge in [-0.3, -0.25) is 9.59 Å². The van der Waals surface area contributed by atoms with Crippen molar-refractivity contribution in [1.82, 2.24) is 0 Å². The van der Waals surface area contributed by atoms with Gasteiger partial charge in [-0.2, -0.15) is 0 Å². The fourth-order valence-corrected chi connectivity index (χ4v) is 4.76. The van der Waals surface area contributed by atoms with Crippen LogP contribution in [0.2, 0.25) is 0 Å². The summed E-state index contributed by atoms with van der Waals surface area (Å²) >= 11 is 0. The molecule has 0 aromatic carbocycles. The average molecular weight is 460 g/mol. The van der Waals surface area contributed by atoms with Crippen LogP contribution in [0.5, 0.6) is 0 Å². The Balaban J connectivity index is 1.98. The molecule has 0 radical (unpaired) electrons. The van der Waals surface area contributed by atoms with E-state index in [4.69, 9.17) is 18.9 Å². The second-order valence-electron chi connectivity index (χ2n) is 8.51. The zero-order valence-electron chi connectivity index (χ0n) is 19.1. The van der Waals surface area contributed by atoms with Gasteiger partial charge >= 0.3 is 23.9 Å². The molecule has 9 nitrogen and oxygen atoms in total. The predicted octanol–water partition coefficient (Wildman–Crippen LogP) is 1.70. The second-order valence-corrected chi connectivity index (χ2v) is 8.51. The summed E-state index contributed by atoms with van der Waals surface area (Å²) in [4.78, 5) is 47.9. The van der Waals surface area contributed by atoms with Crippen LogP contribution in [-0.4, -0.2) is 59.5 Å². The maximum atomic E-state index is 12.8. The first kappa shape index (κ1) is 24.4. The van der Waals surface area contributed by atoms with E-state index in [1.807, 2.05) is 0 Å². The maximum Gasteiger partial charge on any atom is 0.337 e. The van der Waals surface area contributed by atoms with Gasteiger partial charge in [0.05, 0.1) is 23.0 Å². The number of allylic oxidation sites excluding steroid dienone is 1. The fraction of sp³-hybridized carbons (Fsp3) is 0.500. The Hall–Kier alpha value is -3.20. The van der Waals surface area contributed by atoms with Crippen molar-refractivity contribution in [3.05, 3.63) is 47.6 Å². The van der Waals surface area contributed by atoms with Crippen molar-refractivity contribution in [2.75, 3.05) is 6.61 Å². The van der Waals surface area contributed by atoms with E-state index in [1.165, 1.54) is 19.9 Å². The van der Waals surface area contributed by atoms with Crippen LogP contribution in [0.4, 0.5) is 0 Å². The van der Waals surface area contributed by atoms with E-state index < -0.39 is 59.6 Å². The minimum absolute atomic E-state index is 0.0267. The van der Waals surface area contributed by atoms with Gasteiger partial charge in [0.1, 0.15) is 24.9 Å². The van der Waals surface area contributed by atoms with Gasteiger partial charge in [0.25, 0.3) is 0 Å². The lowest BCUT2D eigenvalue weighted by Gasteiger charge is -2.33. The number of rotatable bonds is 5. The SMILES string of the molecule is C=C1C(=O)O[C@H]2[C@H]1[C@@H](OC(=O)/C(=C\C)COC(C)=O)C=C(C)[C@]1(O)C[C@H](OC(C)=O)C(=C)[C@H]21. The second kappa shape index (κ2) is 8.97. The lowest BCUT2D eigenvalue weighted by atomic mass is 9.77. The Morgan fingerprint density at radius 3 is 2.48 bits per heavy atom. The molecule has 3 aliphatic rings. The summed E-state index contributed by atoms with van der Waals surface area (Å²) in [5, 5.41) is 11.6. The van der Waals surface area contributed by atoms with E-state index in [9.17, 15) is 24.3 Å². The topological polar surface area (TPSA) is 125 Å². The van der Waals surface area contributed by atoms with Crippen LogP contribution in [0.3, 0.4) is 0 Å². The first-order chi connectivity index (χ1) is 15.4. The molecule has 178 valence electrons. The zero-order chi connectivity index (χ0) is 24.7. The van der Waals surface area contributed by atoms with Crippen molar-refractivity contribution in [2.24, 2.45) is 11.8 Å². The highest BCUT2D eigenvalue weighted by atomic mass is 16.6. The molecule has 1 aliphatic heterocycles. The summed E-state index contributed by atoms with van der Waals surface area (Å²) in [6.45, 7) is 13.3. The fourth-order valence-electron chi connectivity index (χ4n) is 4.76. The highest BCUT2D eigenvalue weighted by Gasteiger charge is 2.62. The number of carbonyl (C=O) groups excluding carboxylic acids is 4. The third-order valence-electron chi connectivity index (χ3n) is 6.46. The Bertz CT molecular complexity index is 988. The van der Waals surface area contributed by atoms with E-state index >= 15 is 0 Å². The Morgan fingerprint density at radius 2 is 1.91 bits per heavy atom. The third kappa shape index (κ3) is 4.37. The number of fused-ring (bicyclic) bond motifs is 3. The first-order valence-electron chi connectivity index (χ1n) is 10.6. The average Bonchev–Trinajstić information content (AvgIpc) is 3.10. The van der Waals surface area contributed by atoms with Crippen LogP contribution in [0.25, 0.3) is 0 Å². The number of ether oxygens (including phenoxy) is 4. The number of hydrogen-bond acceptors (Lipinski definition) is 9. The normalized spacial score (nSPS) is 33.4. The number of carbonyl (C=O) groups is 4. The summed E-state index contributed by atoms with van der Waals surface area (Å²) in [7, 11) is 0. The summed E-state index contributed by atoms with van der Waals surface area (Å²) in [5.41, 5.74) is -0.453. The molecule has 0 aromatic heterocycles. The molecule has 1 saturated heterocycles. The molecule has 1 N–H and O–H groups in total. The first-order valence-corrected chi connectivity index (χ1v) is 10.6. The quantitative estimate of drug-likeness (QED) is 0.282. The van der Waals surface area contributed by atoms with E-state index in [0.29, 0.717) is 11.1 Å². The minimum Gasteiger partial charge on any atom is -0.461 e. The summed E-state index contributed by atoms with van der Waals surface area (Å²) in [5.74, 6) is -4.07. The Morgan fingerprint density at radius 1 is 1.24 bits per heavy atom. The van der Waals surface area contributed by atoms with Crippen molar-refractivity contribution < 1.29 is 43.2 Å². The molecular weight excluding hydrogens is 432 g/mol. The Kier molecular flexibility index (Phi) is 6.65. The van der Waals surface area contributed by atoms with Gasteiger partial charge in [-0.05, 0) is 31.1 Å². The van der Waals surface area contributed by atoms with Crippen LogP contribution in [0.15, 0.2) is 47.6 Å². The van der Waals surface area contributed by atoms with Gasteiger partial charge in [0.2, 0.25) is 0 Å². The van der Waals surface area contributed by atoms with E-state index in [-0.39, 0.29) is 24.2 Å². The van der Waals surface area contributed by atoms with Gasteiger partial charge < -0.3 is 24.1 Å². The molecule has 0 bridgehead atoms. The van der Waals surface area contributed by atoms with Crippen molar-refractivity contribution in [2.45, 2.75) is 58.0 Å². The summed E-state index contributed by atoms with van der Waals surface area (Å²) in [6, 6.07) is 0. The highest BCUT2D eigenvalue weighted by Crippen LogP contribution is 2.54. The van der Waals surface area contributed by atoms with E-state index in [0.717, 1.165) is 0 Å². The number of hydrogen-bond donors (Lipinski definition) is 1. The van der Waals surface area contributed by atoms with Crippen molar-refractivity contribution in [3.8, 4) is 0 Å². The van der Waals surface area contributed by atoms with Gasteiger partial charge in [-0.25, -0.2) is 9.59 Å². The zero-order valence-corrected chi connectivity index (χ0v) is 19.1. The van der Waals surface area contributed by atoms with Gasteiger partial charge in [-0.1, -0.05) is 19.2 Å². The van der Waals surface area contributed by atoms with Crippen molar-refractivity contribution in [3.63, 3.8) is 0 Å². The number of aliphatic hydroxyl groups is 1. The molecule has 1 heterocycles. The smallest absolute Gasteiger partial charge is 0.337 e. The summed E-state index contributed by atoms with van der Waals surface area (Å²) < 4.78 is 21.5. The molecule has 1 saturated carbocycles. The molecule has 0 aromatic rings. The van der Waals surface area contributed by atoms with Gasteiger partial charge in [0.15, 0.2) is 0 Å². The largest absolute Gasteiger partial charge is 0.461 e. The lowest BCUT2D eigenvalue weighted by Crippen LogP contribution is -2.43. The van der Waals surface area contributed by atoms with Crippen LogP contribution >= 0.6 is 0 Å². The van der Waals surface area contributed by atoms with Gasteiger partial charge in [0, 0.05) is 25.8 Å². The monoisotopic (exact) mass is 460 g/mol. The molecule has 2 aliphatic carbocycles. The van der Waals surface area contributed by atoms with E-state index in [2.05, 4.69) is 13.2 Å². The summed E-state index contributed by atoms with van der Waals surface area (Å²) in [6.07, 6.45) is 0.381. The van der Waals surface area contributed by atoms with Crippen LogP contribution < -0.4 is 0 Å². The van der Waals surface area contributed by atoms with Crippen LogP contribution in [-0.2, 0) is 38.1 Å². The molecule has 9 heteroatoms. The Labute approximate surface area is 191 Å². The van der Waals surface area contributed by atoms with Crippen LogP contribution in [0.1, 0.15) is 34.1 Å². The highest BCUT2D eigenvalue weighted by molar-refractivity contribution is 5.92. The number of esters is 4. The van der Waals surface area contributed by atoms with Crippen LogP contribution in [0, 0.1) is 11.8 Å². The minimum atomic E-state index is -1.53. The van der Waals surface area contributed by atoms with E-state index in [1.54, 1.807) is 19.9 Å². The maximum absolute atomic E-state index is 12.8. The molecular formula is C24H28O9. The molecule has 3 rings (SSSR count). The molecule has 2 fully saturated rings. The van der Waals surface area contributed by atoms with Crippen molar-refractivity contribution in [1.29, 1.82) is 0 Å². The standard InChI is InChI=1S/C24H28O9/c1-7-16(10-30-14(5)25)23(28)32-17-8-11(2)24(29)9-18(31-15(6)26)12(3)20(24)21-19(17)13(4)22(27)33-21/h7-8,17-21,29H,3-4,9-10H2,1-2,5-6H3/b16-7-/t17-,18-,19+,20+,21-,24+/m0/s1.